The number of hydrogen-bond acceptors (Lipinski definition) is 3. The molecule has 0 fully saturated rings. The summed E-state index contributed by atoms with van der Waals surface area (Å²) >= 11 is 0. The van der Waals surface area contributed by atoms with Crippen molar-refractivity contribution in [2.45, 2.75) is 39.7 Å². The lowest BCUT2D eigenvalue weighted by atomic mass is 10.2. The standard InChI is InChI=1S/C9H18N4/c1-7(2)9-12-11-8(3)13(9)6-4-5-10/h7H,4-6,10H2,1-3H3. The Hall–Kier alpha value is -0.900. The molecule has 0 aliphatic rings. The van der Waals surface area contributed by atoms with Gasteiger partial charge in [-0.05, 0) is 19.9 Å². The molecule has 4 heteroatoms. The molecule has 1 rings (SSSR count). The first-order valence-electron chi connectivity index (χ1n) is 4.76. The van der Waals surface area contributed by atoms with E-state index in [0.717, 1.165) is 31.2 Å². The van der Waals surface area contributed by atoms with Gasteiger partial charge in [-0.25, -0.2) is 0 Å². The van der Waals surface area contributed by atoms with Gasteiger partial charge in [0, 0.05) is 12.5 Å². The highest BCUT2D eigenvalue weighted by atomic mass is 15.3. The van der Waals surface area contributed by atoms with Gasteiger partial charge in [-0.15, -0.1) is 10.2 Å². The van der Waals surface area contributed by atoms with E-state index in [1.54, 1.807) is 0 Å². The van der Waals surface area contributed by atoms with Crippen molar-refractivity contribution >= 4 is 0 Å². The Morgan fingerprint density at radius 2 is 2.08 bits per heavy atom. The summed E-state index contributed by atoms with van der Waals surface area (Å²) < 4.78 is 2.15. The maximum atomic E-state index is 5.47. The summed E-state index contributed by atoms with van der Waals surface area (Å²) in [5, 5.41) is 8.20. The van der Waals surface area contributed by atoms with Crippen LogP contribution in [0.2, 0.25) is 0 Å². The van der Waals surface area contributed by atoms with E-state index >= 15 is 0 Å². The van der Waals surface area contributed by atoms with Crippen LogP contribution in [-0.4, -0.2) is 21.3 Å². The average Bonchev–Trinajstić information content (AvgIpc) is 2.43. The second-order valence-corrected chi connectivity index (χ2v) is 3.55. The number of nitrogens with zero attached hydrogens (tertiary/aromatic N) is 3. The topological polar surface area (TPSA) is 56.7 Å². The molecule has 0 amide bonds. The minimum atomic E-state index is 0.430. The van der Waals surface area contributed by atoms with Crippen LogP contribution in [0, 0.1) is 6.92 Å². The summed E-state index contributed by atoms with van der Waals surface area (Å²) in [6, 6.07) is 0. The first kappa shape index (κ1) is 10.2. The lowest BCUT2D eigenvalue weighted by Gasteiger charge is -2.09. The zero-order valence-corrected chi connectivity index (χ0v) is 8.62. The van der Waals surface area contributed by atoms with Crippen molar-refractivity contribution in [3.63, 3.8) is 0 Å². The molecule has 1 aromatic rings. The fourth-order valence-electron chi connectivity index (χ4n) is 1.35. The van der Waals surface area contributed by atoms with E-state index in [9.17, 15) is 0 Å². The second-order valence-electron chi connectivity index (χ2n) is 3.55. The zero-order valence-electron chi connectivity index (χ0n) is 8.62. The van der Waals surface area contributed by atoms with Gasteiger partial charge in [-0.2, -0.15) is 0 Å². The molecular formula is C9H18N4. The first-order chi connectivity index (χ1) is 6.16. The summed E-state index contributed by atoms with van der Waals surface area (Å²) in [6.45, 7) is 7.89. The van der Waals surface area contributed by atoms with Crippen LogP contribution >= 0.6 is 0 Å². The second kappa shape index (κ2) is 4.37. The summed E-state index contributed by atoms with van der Waals surface area (Å²) in [4.78, 5) is 0. The van der Waals surface area contributed by atoms with Crippen molar-refractivity contribution in [3.8, 4) is 0 Å². The third kappa shape index (κ3) is 2.28. The number of nitrogens with two attached hydrogens (primary N) is 1. The van der Waals surface area contributed by atoms with Crippen LogP contribution in [0.1, 0.15) is 37.8 Å². The van der Waals surface area contributed by atoms with Crippen molar-refractivity contribution in [2.75, 3.05) is 6.54 Å². The van der Waals surface area contributed by atoms with Crippen LogP contribution in [0.25, 0.3) is 0 Å². The van der Waals surface area contributed by atoms with E-state index in [4.69, 9.17) is 5.73 Å². The van der Waals surface area contributed by atoms with Gasteiger partial charge < -0.3 is 10.3 Å². The van der Waals surface area contributed by atoms with E-state index in [1.807, 2.05) is 6.92 Å². The molecule has 4 nitrogen and oxygen atoms in total. The molecule has 0 aliphatic carbocycles. The van der Waals surface area contributed by atoms with E-state index in [2.05, 4.69) is 28.6 Å². The van der Waals surface area contributed by atoms with Crippen molar-refractivity contribution in [1.29, 1.82) is 0 Å². The quantitative estimate of drug-likeness (QED) is 0.757. The number of aryl methyl sites for hydroxylation is 1. The normalized spacial score (nSPS) is 11.2. The molecule has 13 heavy (non-hydrogen) atoms. The van der Waals surface area contributed by atoms with Crippen molar-refractivity contribution in [1.82, 2.24) is 14.8 Å². The van der Waals surface area contributed by atoms with Crippen molar-refractivity contribution < 1.29 is 0 Å². The summed E-state index contributed by atoms with van der Waals surface area (Å²) in [5.41, 5.74) is 5.47. The molecule has 0 atom stereocenters. The maximum Gasteiger partial charge on any atom is 0.135 e. The maximum absolute atomic E-state index is 5.47. The van der Waals surface area contributed by atoms with E-state index in [1.165, 1.54) is 0 Å². The Kier molecular flexibility index (Phi) is 3.42. The minimum absolute atomic E-state index is 0.430. The Morgan fingerprint density at radius 1 is 1.38 bits per heavy atom. The van der Waals surface area contributed by atoms with E-state index in [-0.39, 0.29) is 0 Å². The van der Waals surface area contributed by atoms with Gasteiger partial charge >= 0.3 is 0 Å². The molecule has 1 heterocycles. The van der Waals surface area contributed by atoms with Gasteiger partial charge in [-0.1, -0.05) is 13.8 Å². The van der Waals surface area contributed by atoms with E-state index < -0.39 is 0 Å². The van der Waals surface area contributed by atoms with Crippen LogP contribution in [-0.2, 0) is 6.54 Å². The molecule has 0 radical (unpaired) electrons. The lowest BCUT2D eigenvalue weighted by Crippen LogP contribution is -2.11. The van der Waals surface area contributed by atoms with Crippen LogP contribution in [0.3, 0.4) is 0 Å². The predicted octanol–water partition coefficient (Wildman–Crippen LogP) is 1.06. The molecule has 74 valence electrons. The minimum Gasteiger partial charge on any atom is -0.330 e. The summed E-state index contributed by atoms with van der Waals surface area (Å²) in [7, 11) is 0. The van der Waals surface area contributed by atoms with Gasteiger partial charge in [0.1, 0.15) is 11.6 Å². The average molecular weight is 182 g/mol. The van der Waals surface area contributed by atoms with Gasteiger partial charge in [0.2, 0.25) is 0 Å². The summed E-state index contributed by atoms with van der Waals surface area (Å²) in [6.07, 6.45) is 0.985. The predicted molar refractivity (Wildman–Crippen MR) is 52.5 cm³/mol. The van der Waals surface area contributed by atoms with Crippen LogP contribution in [0.5, 0.6) is 0 Å². The van der Waals surface area contributed by atoms with Crippen molar-refractivity contribution in [2.24, 2.45) is 5.73 Å². The molecule has 2 N–H and O–H groups in total. The van der Waals surface area contributed by atoms with Crippen LogP contribution in [0.4, 0.5) is 0 Å². The molecule has 1 aromatic heterocycles. The smallest absolute Gasteiger partial charge is 0.135 e. The molecule has 0 bridgehead atoms. The number of hydrogen-bond donors (Lipinski definition) is 1. The molecule has 0 aliphatic heterocycles. The lowest BCUT2D eigenvalue weighted by molar-refractivity contribution is 0.583. The Morgan fingerprint density at radius 3 is 2.62 bits per heavy atom. The molecule has 0 saturated heterocycles. The SMILES string of the molecule is Cc1nnc(C(C)C)n1CCCN. The molecule has 0 saturated carbocycles. The fraction of sp³-hybridized carbons (Fsp3) is 0.778. The highest BCUT2D eigenvalue weighted by Gasteiger charge is 2.10. The fourth-order valence-corrected chi connectivity index (χ4v) is 1.35. The first-order valence-corrected chi connectivity index (χ1v) is 4.76. The Balaban J connectivity index is 2.82. The highest BCUT2D eigenvalue weighted by Crippen LogP contribution is 2.13. The monoisotopic (exact) mass is 182 g/mol. The molecule has 0 spiro atoms. The third-order valence-electron chi connectivity index (χ3n) is 2.07. The number of aromatic nitrogens is 3. The Labute approximate surface area is 79.2 Å². The number of rotatable bonds is 4. The van der Waals surface area contributed by atoms with Gasteiger partial charge in [0.05, 0.1) is 0 Å². The summed E-state index contributed by atoms with van der Waals surface area (Å²) in [5.74, 6) is 2.47. The van der Waals surface area contributed by atoms with Crippen LogP contribution < -0.4 is 5.73 Å². The molecular weight excluding hydrogens is 164 g/mol. The third-order valence-corrected chi connectivity index (χ3v) is 2.07. The Bertz CT molecular complexity index is 265. The van der Waals surface area contributed by atoms with Gasteiger partial charge in [0.25, 0.3) is 0 Å². The zero-order chi connectivity index (χ0) is 9.84. The molecule has 0 unspecified atom stereocenters. The largest absolute Gasteiger partial charge is 0.330 e. The van der Waals surface area contributed by atoms with Crippen LogP contribution in [0.15, 0.2) is 0 Å². The van der Waals surface area contributed by atoms with Crippen molar-refractivity contribution in [3.05, 3.63) is 11.6 Å². The van der Waals surface area contributed by atoms with Gasteiger partial charge in [0.15, 0.2) is 0 Å². The van der Waals surface area contributed by atoms with Gasteiger partial charge in [-0.3, -0.25) is 0 Å². The molecule has 0 aromatic carbocycles. The van der Waals surface area contributed by atoms with E-state index in [0.29, 0.717) is 5.92 Å². The highest BCUT2D eigenvalue weighted by molar-refractivity contribution is 4.98.